The van der Waals surface area contributed by atoms with Crippen LogP contribution in [0.3, 0.4) is 0 Å². The van der Waals surface area contributed by atoms with Gasteiger partial charge in [-0.2, -0.15) is 0 Å². The van der Waals surface area contributed by atoms with E-state index in [2.05, 4.69) is 5.32 Å². The first-order valence-electron chi connectivity index (χ1n) is 8.11. The third-order valence-electron chi connectivity index (χ3n) is 4.01. The van der Waals surface area contributed by atoms with E-state index in [1.54, 1.807) is 17.0 Å². The average Bonchev–Trinajstić information content (AvgIpc) is 2.78. The van der Waals surface area contributed by atoms with Crippen molar-refractivity contribution < 1.29 is 14.5 Å². The van der Waals surface area contributed by atoms with Crippen molar-refractivity contribution in [2.45, 2.75) is 58.7 Å². The van der Waals surface area contributed by atoms with Crippen LogP contribution in [0.2, 0.25) is 0 Å². The number of nitrogens with zero attached hydrogens (tertiary/aromatic N) is 2. The van der Waals surface area contributed by atoms with Crippen LogP contribution in [-0.2, 0) is 11.2 Å². The highest BCUT2D eigenvalue weighted by Gasteiger charge is 2.46. The Labute approximate surface area is 142 Å². The Morgan fingerprint density at radius 1 is 1.46 bits per heavy atom. The zero-order valence-corrected chi connectivity index (χ0v) is 14.9. The predicted molar refractivity (Wildman–Crippen MR) is 92.1 cm³/mol. The van der Waals surface area contributed by atoms with Crippen molar-refractivity contribution in [3.05, 3.63) is 33.9 Å². The number of benzene rings is 1. The van der Waals surface area contributed by atoms with Crippen molar-refractivity contribution in [3.8, 4) is 0 Å². The second-order valence-corrected chi connectivity index (χ2v) is 7.29. The van der Waals surface area contributed by atoms with Gasteiger partial charge in [0, 0.05) is 29.8 Å². The van der Waals surface area contributed by atoms with Gasteiger partial charge in [0.25, 0.3) is 5.69 Å². The fourth-order valence-corrected chi connectivity index (χ4v) is 3.27. The van der Waals surface area contributed by atoms with E-state index in [-0.39, 0.29) is 11.8 Å². The third-order valence-corrected chi connectivity index (χ3v) is 4.01. The molecule has 1 N–H and O–H groups in total. The average molecular weight is 335 g/mol. The van der Waals surface area contributed by atoms with E-state index in [1.165, 1.54) is 6.07 Å². The predicted octanol–water partition coefficient (Wildman–Crippen LogP) is 3.93. The molecule has 132 valence electrons. The highest BCUT2D eigenvalue weighted by molar-refractivity contribution is 5.72. The molecule has 0 aliphatic carbocycles. The Morgan fingerprint density at radius 3 is 2.67 bits per heavy atom. The maximum absolute atomic E-state index is 12.6. The van der Waals surface area contributed by atoms with Crippen molar-refractivity contribution >= 4 is 17.5 Å². The minimum atomic E-state index is -0.708. The minimum absolute atomic E-state index is 0.0515. The summed E-state index contributed by atoms with van der Waals surface area (Å²) in [4.78, 5) is 24.9. The van der Waals surface area contributed by atoms with Crippen molar-refractivity contribution in [2.75, 3.05) is 11.9 Å². The summed E-state index contributed by atoms with van der Waals surface area (Å²) < 4.78 is 5.36. The number of nitrogens with one attached hydrogen (secondary N) is 1. The normalized spacial score (nSPS) is 19.4. The molecule has 0 spiro atoms. The standard InChI is InChI=1S/C17H25N3O4/c1-6-9-24-15(21)19(16(2,3)4)17(5)11-12-10-13(20(22)23)7-8-14(12)18-17/h7-8,10,18H,6,9,11H2,1-5H3. The van der Waals surface area contributed by atoms with Gasteiger partial charge in [-0.05, 0) is 45.7 Å². The van der Waals surface area contributed by atoms with Crippen molar-refractivity contribution in [1.29, 1.82) is 0 Å². The fourth-order valence-electron chi connectivity index (χ4n) is 3.27. The Kier molecular flexibility index (Phi) is 4.73. The molecule has 1 aromatic carbocycles. The largest absolute Gasteiger partial charge is 0.449 e. The molecule has 0 bridgehead atoms. The molecule has 0 saturated heterocycles. The van der Waals surface area contributed by atoms with Gasteiger partial charge in [-0.25, -0.2) is 4.79 Å². The smallest absolute Gasteiger partial charge is 0.412 e. The van der Waals surface area contributed by atoms with Crippen LogP contribution >= 0.6 is 0 Å². The van der Waals surface area contributed by atoms with E-state index >= 15 is 0 Å². The molecule has 1 unspecified atom stereocenters. The summed E-state index contributed by atoms with van der Waals surface area (Å²) >= 11 is 0. The summed E-state index contributed by atoms with van der Waals surface area (Å²) in [5, 5.41) is 14.3. The van der Waals surface area contributed by atoms with Gasteiger partial charge in [0.1, 0.15) is 5.66 Å². The van der Waals surface area contributed by atoms with Crippen LogP contribution in [0.4, 0.5) is 16.2 Å². The highest BCUT2D eigenvalue weighted by Crippen LogP contribution is 2.39. The van der Waals surface area contributed by atoms with Gasteiger partial charge in [0.05, 0.1) is 11.5 Å². The van der Waals surface area contributed by atoms with E-state index < -0.39 is 16.1 Å². The van der Waals surface area contributed by atoms with Gasteiger partial charge in [-0.3, -0.25) is 15.0 Å². The lowest BCUT2D eigenvalue weighted by Crippen LogP contribution is -2.61. The molecule has 7 nitrogen and oxygen atoms in total. The molecule has 1 heterocycles. The molecule has 24 heavy (non-hydrogen) atoms. The molecule has 1 aromatic rings. The van der Waals surface area contributed by atoms with Crippen LogP contribution in [0, 0.1) is 10.1 Å². The number of ether oxygens (including phenoxy) is 1. The third kappa shape index (κ3) is 3.44. The van der Waals surface area contributed by atoms with Crippen molar-refractivity contribution in [3.63, 3.8) is 0 Å². The quantitative estimate of drug-likeness (QED) is 0.666. The Morgan fingerprint density at radius 2 is 2.12 bits per heavy atom. The molecule has 1 atom stereocenters. The number of carbonyl (C=O) groups is 1. The van der Waals surface area contributed by atoms with Crippen LogP contribution < -0.4 is 5.32 Å². The Hall–Kier alpha value is -2.31. The molecule has 0 radical (unpaired) electrons. The van der Waals surface area contributed by atoms with E-state index in [0.29, 0.717) is 13.0 Å². The van der Waals surface area contributed by atoms with Crippen LogP contribution in [0.5, 0.6) is 0 Å². The topological polar surface area (TPSA) is 84.7 Å². The van der Waals surface area contributed by atoms with E-state index in [4.69, 9.17) is 4.74 Å². The molecule has 2 rings (SSSR count). The molecule has 0 saturated carbocycles. The van der Waals surface area contributed by atoms with Gasteiger partial charge >= 0.3 is 6.09 Å². The Bertz CT molecular complexity index is 654. The molecule has 1 amide bonds. The lowest BCUT2D eigenvalue weighted by Gasteiger charge is -2.46. The molecule has 0 aromatic heterocycles. The molecular weight excluding hydrogens is 310 g/mol. The number of amides is 1. The first-order valence-corrected chi connectivity index (χ1v) is 8.11. The molecule has 1 aliphatic rings. The first kappa shape index (κ1) is 18.0. The van der Waals surface area contributed by atoms with E-state index in [9.17, 15) is 14.9 Å². The number of non-ortho nitro benzene ring substituents is 1. The second-order valence-electron chi connectivity index (χ2n) is 7.29. The summed E-state index contributed by atoms with van der Waals surface area (Å²) in [7, 11) is 0. The Balaban J connectivity index is 2.34. The van der Waals surface area contributed by atoms with Crippen LogP contribution in [0.15, 0.2) is 18.2 Å². The second kappa shape index (κ2) is 6.30. The van der Waals surface area contributed by atoms with Gasteiger partial charge in [0.15, 0.2) is 0 Å². The maximum atomic E-state index is 12.6. The van der Waals surface area contributed by atoms with Crippen LogP contribution in [0.25, 0.3) is 0 Å². The number of anilines is 1. The van der Waals surface area contributed by atoms with E-state index in [1.807, 2.05) is 34.6 Å². The summed E-state index contributed by atoms with van der Waals surface area (Å²) in [5.74, 6) is 0. The van der Waals surface area contributed by atoms with Gasteiger partial charge < -0.3 is 10.1 Å². The number of hydrogen-bond donors (Lipinski definition) is 1. The lowest BCUT2D eigenvalue weighted by atomic mass is 9.97. The van der Waals surface area contributed by atoms with Crippen molar-refractivity contribution in [1.82, 2.24) is 4.90 Å². The summed E-state index contributed by atoms with van der Waals surface area (Å²) in [5.41, 5.74) is 0.502. The van der Waals surface area contributed by atoms with Crippen LogP contribution in [-0.4, -0.2) is 33.7 Å². The molecular formula is C17H25N3O4. The van der Waals surface area contributed by atoms with Gasteiger partial charge in [-0.15, -0.1) is 0 Å². The molecule has 1 aliphatic heterocycles. The number of hydrogen-bond acceptors (Lipinski definition) is 5. The van der Waals surface area contributed by atoms with E-state index in [0.717, 1.165) is 17.7 Å². The first-order chi connectivity index (χ1) is 11.1. The number of rotatable bonds is 4. The monoisotopic (exact) mass is 335 g/mol. The number of fused-ring (bicyclic) bond motifs is 1. The molecule has 7 heteroatoms. The summed E-state index contributed by atoms with van der Waals surface area (Å²) in [6.45, 7) is 10.0. The highest BCUT2D eigenvalue weighted by atomic mass is 16.6. The number of nitro groups is 1. The SMILES string of the molecule is CCCOC(=O)N(C(C)(C)C)C1(C)Cc2cc([N+](=O)[O-])ccc2N1. The van der Waals surface area contributed by atoms with Gasteiger partial charge in [0.2, 0.25) is 0 Å². The zero-order chi connectivity index (χ0) is 18.1. The summed E-state index contributed by atoms with van der Waals surface area (Å²) in [6.07, 6.45) is 0.838. The maximum Gasteiger partial charge on any atom is 0.412 e. The molecule has 0 fully saturated rings. The van der Waals surface area contributed by atoms with Crippen molar-refractivity contribution in [2.24, 2.45) is 0 Å². The zero-order valence-electron chi connectivity index (χ0n) is 14.9. The fraction of sp³-hybridized carbons (Fsp3) is 0.588. The summed E-state index contributed by atoms with van der Waals surface area (Å²) in [6, 6.07) is 4.72. The number of nitro benzene ring substituents is 1. The minimum Gasteiger partial charge on any atom is -0.449 e. The van der Waals surface area contributed by atoms with Gasteiger partial charge in [-0.1, -0.05) is 6.92 Å². The van der Waals surface area contributed by atoms with Crippen LogP contribution in [0.1, 0.15) is 46.6 Å². The number of carbonyl (C=O) groups excluding carboxylic acids is 1. The lowest BCUT2D eigenvalue weighted by molar-refractivity contribution is -0.384.